The van der Waals surface area contributed by atoms with E-state index in [0.29, 0.717) is 0 Å². The molecule has 0 atom stereocenters. The van der Waals surface area contributed by atoms with Crippen molar-refractivity contribution in [2.75, 3.05) is 42.9 Å². The Morgan fingerprint density at radius 3 is 2.62 bits per heavy atom. The maximum absolute atomic E-state index is 12.8. The quantitative estimate of drug-likeness (QED) is 0.924. The lowest BCUT2D eigenvalue weighted by molar-refractivity contribution is 0.0746. The number of piperazine rings is 1. The average molecular weight is 321 g/mol. The molecule has 4 rings (SSSR count). The van der Waals surface area contributed by atoms with E-state index in [0.717, 1.165) is 44.7 Å². The van der Waals surface area contributed by atoms with Crippen molar-refractivity contribution in [1.82, 2.24) is 4.90 Å². The van der Waals surface area contributed by atoms with Crippen LogP contribution in [0.5, 0.6) is 0 Å². The van der Waals surface area contributed by atoms with Gasteiger partial charge in [0.15, 0.2) is 0 Å². The van der Waals surface area contributed by atoms with Crippen LogP contribution < -0.4 is 10.2 Å². The Bertz CT molecular complexity index is 763. The van der Waals surface area contributed by atoms with E-state index in [1.54, 1.807) is 0 Å². The maximum atomic E-state index is 12.8. The fraction of sp³-hybridized carbons (Fsp3) is 0.350. The van der Waals surface area contributed by atoms with E-state index in [4.69, 9.17) is 0 Å². The summed E-state index contributed by atoms with van der Waals surface area (Å²) in [5.74, 6) is 0.161. The number of carbonyl (C=O) groups is 1. The van der Waals surface area contributed by atoms with Gasteiger partial charge >= 0.3 is 0 Å². The van der Waals surface area contributed by atoms with E-state index in [9.17, 15) is 4.79 Å². The van der Waals surface area contributed by atoms with Gasteiger partial charge in [-0.15, -0.1) is 0 Å². The smallest absolute Gasteiger partial charge is 0.253 e. The maximum Gasteiger partial charge on any atom is 0.253 e. The Labute approximate surface area is 143 Å². The summed E-state index contributed by atoms with van der Waals surface area (Å²) in [6.45, 7) is 6.46. The summed E-state index contributed by atoms with van der Waals surface area (Å²) in [5.41, 5.74) is 5.84. The molecule has 2 aliphatic rings. The third-order valence-electron chi connectivity index (χ3n) is 5.09. The van der Waals surface area contributed by atoms with Crippen molar-refractivity contribution in [3.05, 3.63) is 59.2 Å². The van der Waals surface area contributed by atoms with Crippen molar-refractivity contribution < 1.29 is 4.79 Å². The Kier molecular flexibility index (Phi) is 3.89. The number of fused-ring (bicyclic) bond motifs is 1. The normalized spacial score (nSPS) is 16.7. The van der Waals surface area contributed by atoms with Gasteiger partial charge in [0.25, 0.3) is 5.91 Å². The topological polar surface area (TPSA) is 35.6 Å². The number of hydrogen-bond acceptors (Lipinski definition) is 3. The molecule has 4 nitrogen and oxygen atoms in total. The molecule has 0 saturated carbocycles. The van der Waals surface area contributed by atoms with Gasteiger partial charge in [0.2, 0.25) is 0 Å². The van der Waals surface area contributed by atoms with E-state index in [-0.39, 0.29) is 5.91 Å². The zero-order valence-corrected chi connectivity index (χ0v) is 14.1. The molecule has 0 aliphatic carbocycles. The van der Waals surface area contributed by atoms with Crippen molar-refractivity contribution >= 4 is 17.3 Å². The fourth-order valence-corrected chi connectivity index (χ4v) is 3.69. The van der Waals surface area contributed by atoms with Crippen molar-refractivity contribution in [2.24, 2.45) is 0 Å². The first-order valence-corrected chi connectivity index (χ1v) is 8.69. The van der Waals surface area contributed by atoms with E-state index in [1.165, 1.54) is 22.5 Å². The largest absolute Gasteiger partial charge is 0.384 e. The first kappa shape index (κ1) is 15.1. The Balaban J connectivity index is 1.44. The molecule has 0 unspecified atom stereocenters. The van der Waals surface area contributed by atoms with Gasteiger partial charge in [-0.2, -0.15) is 0 Å². The van der Waals surface area contributed by atoms with Crippen molar-refractivity contribution in [1.29, 1.82) is 0 Å². The number of hydrogen-bond donors (Lipinski definition) is 1. The van der Waals surface area contributed by atoms with E-state index in [2.05, 4.69) is 47.5 Å². The number of nitrogens with one attached hydrogen (secondary N) is 1. The van der Waals surface area contributed by atoms with Crippen LogP contribution in [0, 0.1) is 6.92 Å². The monoisotopic (exact) mass is 321 g/mol. The van der Waals surface area contributed by atoms with Crippen LogP contribution in [0.2, 0.25) is 0 Å². The molecule has 24 heavy (non-hydrogen) atoms. The number of amides is 1. The summed E-state index contributed by atoms with van der Waals surface area (Å²) in [4.78, 5) is 17.2. The molecule has 0 bridgehead atoms. The van der Waals surface area contributed by atoms with Crippen LogP contribution in [0.25, 0.3) is 0 Å². The lowest BCUT2D eigenvalue weighted by Crippen LogP contribution is -2.49. The van der Waals surface area contributed by atoms with Crippen LogP contribution in [0.1, 0.15) is 21.5 Å². The lowest BCUT2D eigenvalue weighted by Gasteiger charge is -2.36. The minimum Gasteiger partial charge on any atom is -0.384 e. The standard InChI is InChI=1S/C20H23N3O/c1-15-4-2-3-5-19(15)22-10-12-23(13-11-22)20(24)17-6-7-18-16(14-17)8-9-21-18/h2-7,14,21H,8-13H2,1H3. The highest BCUT2D eigenvalue weighted by Gasteiger charge is 2.23. The second-order valence-electron chi connectivity index (χ2n) is 6.61. The number of nitrogens with zero attached hydrogens (tertiary/aromatic N) is 2. The van der Waals surface area contributed by atoms with E-state index < -0.39 is 0 Å². The van der Waals surface area contributed by atoms with Crippen LogP contribution in [0.3, 0.4) is 0 Å². The zero-order chi connectivity index (χ0) is 16.5. The highest BCUT2D eigenvalue weighted by atomic mass is 16.2. The molecular formula is C20H23N3O. The number of benzene rings is 2. The van der Waals surface area contributed by atoms with Crippen LogP contribution >= 0.6 is 0 Å². The van der Waals surface area contributed by atoms with Gasteiger partial charge in [-0.3, -0.25) is 4.79 Å². The summed E-state index contributed by atoms with van der Waals surface area (Å²) >= 11 is 0. The molecule has 0 radical (unpaired) electrons. The number of aryl methyl sites for hydroxylation is 1. The van der Waals surface area contributed by atoms with E-state index in [1.807, 2.05) is 17.0 Å². The van der Waals surface area contributed by atoms with Crippen LogP contribution in [-0.2, 0) is 6.42 Å². The first-order chi connectivity index (χ1) is 11.7. The molecule has 4 heteroatoms. The zero-order valence-electron chi connectivity index (χ0n) is 14.1. The van der Waals surface area contributed by atoms with Gasteiger partial charge in [0.1, 0.15) is 0 Å². The third kappa shape index (κ3) is 2.73. The molecule has 2 aliphatic heterocycles. The summed E-state index contributed by atoms with van der Waals surface area (Å²) in [7, 11) is 0. The van der Waals surface area contributed by atoms with Crippen LogP contribution in [0.4, 0.5) is 11.4 Å². The number of rotatable bonds is 2. The summed E-state index contributed by atoms with van der Waals surface area (Å²) in [6, 6.07) is 14.5. The van der Waals surface area contributed by atoms with Gasteiger partial charge in [-0.1, -0.05) is 18.2 Å². The highest BCUT2D eigenvalue weighted by Crippen LogP contribution is 2.25. The second-order valence-corrected chi connectivity index (χ2v) is 6.61. The molecule has 2 aromatic rings. The van der Waals surface area contributed by atoms with Crippen LogP contribution in [-0.4, -0.2) is 43.5 Å². The summed E-state index contributed by atoms with van der Waals surface area (Å²) in [5, 5.41) is 3.34. The Hall–Kier alpha value is -2.49. The van der Waals surface area contributed by atoms with Gasteiger partial charge in [0, 0.05) is 49.7 Å². The van der Waals surface area contributed by atoms with Crippen molar-refractivity contribution in [3.8, 4) is 0 Å². The predicted molar refractivity (Wildman–Crippen MR) is 97.9 cm³/mol. The Morgan fingerprint density at radius 1 is 1.04 bits per heavy atom. The number of para-hydroxylation sites is 1. The Morgan fingerprint density at radius 2 is 1.83 bits per heavy atom. The minimum absolute atomic E-state index is 0.161. The molecule has 0 aromatic heterocycles. The first-order valence-electron chi connectivity index (χ1n) is 8.69. The molecule has 2 aromatic carbocycles. The molecule has 1 saturated heterocycles. The van der Waals surface area contributed by atoms with Gasteiger partial charge in [-0.25, -0.2) is 0 Å². The van der Waals surface area contributed by atoms with Crippen molar-refractivity contribution in [2.45, 2.75) is 13.3 Å². The second kappa shape index (κ2) is 6.19. The molecule has 124 valence electrons. The summed E-state index contributed by atoms with van der Waals surface area (Å²) < 4.78 is 0. The SMILES string of the molecule is Cc1ccccc1N1CCN(C(=O)c2ccc3c(c2)CCN3)CC1. The summed E-state index contributed by atoms with van der Waals surface area (Å²) in [6.07, 6.45) is 1.01. The van der Waals surface area contributed by atoms with Gasteiger partial charge < -0.3 is 15.1 Å². The van der Waals surface area contributed by atoms with E-state index >= 15 is 0 Å². The molecule has 2 heterocycles. The molecule has 1 N–H and O–H groups in total. The average Bonchev–Trinajstić information content (AvgIpc) is 3.09. The molecule has 1 amide bonds. The highest BCUT2D eigenvalue weighted by molar-refractivity contribution is 5.95. The van der Waals surface area contributed by atoms with Crippen molar-refractivity contribution in [3.63, 3.8) is 0 Å². The molecule has 1 fully saturated rings. The number of anilines is 2. The minimum atomic E-state index is 0.161. The van der Waals surface area contributed by atoms with Crippen LogP contribution in [0.15, 0.2) is 42.5 Å². The predicted octanol–water partition coefficient (Wildman–Crippen LogP) is 2.93. The third-order valence-corrected chi connectivity index (χ3v) is 5.09. The number of carbonyl (C=O) groups excluding carboxylic acids is 1. The van der Waals surface area contributed by atoms with Gasteiger partial charge in [0.05, 0.1) is 0 Å². The molecule has 0 spiro atoms. The lowest BCUT2D eigenvalue weighted by atomic mass is 10.1. The molecular weight excluding hydrogens is 298 g/mol. The fourth-order valence-electron chi connectivity index (χ4n) is 3.69. The van der Waals surface area contributed by atoms with Gasteiger partial charge in [-0.05, 0) is 48.7 Å².